The third-order valence-electron chi connectivity index (χ3n) is 1.60. The van der Waals surface area contributed by atoms with Crippen molar-refractivity contribution in [2.75, 3.05) is 0 Å². The zero-order valence-corrected chi connectivity index (χ0v) is 11.7. The maximum Gasteiger partial charge on any atom is 0.131 e. The van der Waals surface area contributed by atoms with Crippen LogP contribution < -0.4 is 5.73 Å². The van der Waals surface area contributed by atoms with Crippen molar-refractivity contribution >= 4 is 72.1 Å². The summed E-state index contributed by atoms with van der Waals surface area (Å²) in [6.45, 7) is 3.69. The zero-order chi connectivity index (χ0) is 9.68. The van der Waals surface area contributed by atoms with Gasteiger partial charge >= 0.3 is 0 Å². The molecule has 2 radical (unpaired) electrons. The summed E-state index contributed by atoms with van der Waals surface area (Å²) in [4.78, 5) is 0. The SMILES string of the molecule is C=Cc1ccc(CSC(N)=S)cc1.[Ca]. The van der Waals surface area contributed by atoms with E-state index in [4.69, 9.17) is 18.0 Å². The molecule has 0 fully saturated rings. The van der Waals surface area contributed by atoms with Gasteiger partial charge in [-0.05, 0) is 11.1 Å². The van der Waals surface area contributed by atoms with Crippen LogP contribution in [0.1, 0.15) is 11.1 Å². The Kier molecular flexibility index (Phi) is 7.97. The molecule has 0 aliphatic heterocycles. The van der Waals surface area contributed by atoms with Crippen LogP contribution in [0.3, 0.4) is 0 Å². The first kappa shape index (κ1) is 14.5. The summed E-state index contributed by atoms with van der Waals surface area (Å²) in [5.41, 5.74) is 7.73. The van der Waals surface area contributed by atoms with E-state index in [0.717, 1.165) is 11.3 Å². The van der Waals surface area contributed by atoms with Crippen molar-refractivity contribution in [1.29, 1.82) is 0 Å². The Balaban J connectivity index is 0.00000169. The predicted octanol–water partition coefficient (Wildman–Crippen LogP) is 2.43. The number of hydrogen-bond donors (Lipinski definition) is 1. The van der Waals surface area contributed by atoms with Gasteiger partial charge in [0.05, 0.1) is 0 Å². The molecule has 1 aromatic rings. The maximum absolute atomic E-state index is 5.37. The molecule has 4 heteroatoms. The Bertz CT molecular complexity index is 308. The minimum absolute atomic E-state index is 0. The molecule has 0 spiro atoms. The van der Waals surface area contributed by atoms with Gasteiger partial charge in [-0.15, -0.1) is 0 Å². The van der Waals surface area contributed by atoms with Crippen LogP contribution in [0.2, 0.25) is 0 Å². The summed E-state index contributed by atoms with van der Waals surface area (Å²) in [6, 6.07) is 8.18. The topological polar surface area (TPSA) is 26.0 Å². The summed E-state index contributed by atoms with van der Waals surface area (Å²) in [5, 5.41) is 0. The fraction of sp³-hybridized carbons (Fsp3) is 0.100. The van der Waals surface area contributed by atoms with Crippen molar-refractivity contribution in [2.24, 2.45) is 5.73 Å². The van der Waals surface area contributed by atoms with E-state index in [9.17, 15) is 0 Å². The number of rotatable bonds is 3. The van der Waals surface area contributed by atoms with Crippen molar-refractivity contribution in [1.82, 2.24) is 0 Å². The van der Waals surface area contributed by atoms with Crippen molar-refractivity contribution in [3.8, 4) is 0 Å². The second kappa shape index (κ2) is 7.71. The summed E-state index contributed by atoms with van der Waals surface area (Å²) in [7, 11) is 0. The van der Waals surface area contributed by atoms with Crippen LogP contribution in [0.5, 0.6) is 0 Å². The molecule has 0 amide bonds. The molecular weight excluding hydrogens is 238 g/mol. The van der Waals surface area contributed by atoms with Crippen LogP contribution in [0.4, 0.5) is 0 Å². The standard InChI is InChI=1S/C10H11NS2.Ca/c1-2-8-3-5-9(6-4-8)7-13-10(11)12;/h2-6H,1,7H2,(H2,11,12);. The molecule has 0 heterocycles. The Labute approximate surface area is 124 Å². The molecule has 0 saturated carbocycles. The maximum atomic E-state index is 5.37. The van der Waals surface area contributed by atoms with Gasteiger partial charge in [-0.25, -0.2) is 0 Å². The molecule has 0 aromatic heterocycles. The quantitative estimate of drug-likeness (QED) is 0.658. The Morgan fingerprint density at radius 3 is 2.43 bits per heavy atom. The largest absolute Gasteiger partial charge is 0.385 e. The second-order valence-electron chi connectivity index (χ2n) is 2.55. The molecule has 0 bridgehead atoms. The van der Waals surface area contributed by atoms with Crippen LogP contribution in [0, 0.1) is 0 Å². The summed E-state index contributed by atoms with van der Waals surface area (Å²) >= 11 is 6.25. The minimum Gasteiger partial charge on any atom is -0.385 e. The number of hydrogen-bond acceptors (Lipinski definition) is 2. The summed E-state index contributed by atoms with van der Waals surface area (Å²) < 4.78 is 0.493. The summed E-state index contributed by atoms with van der Waals surface area (Å²) in [5.74, 6) is 0.840. The van der Waals surface area contributed by atoms with Crippen LogP contribution in [-0.4, -0.2) is 42.1 Å². The van der Waals surface area contributed by atoms with Crippen LogP contribution in [0.15, 0.2) is 30.8 Å². The van der Waals surface area contributed by atoms with Gasteiger partial charge in [0.25, 0.3) is 0 Å². The number of thiocarbonyl (C=S) groups is 1. The van der Waals surface area contributed by atoms with Gasteiger partial charge in [-0.3, -0.25) is 0 Å². The van der Waals surface area contributed by atoms with Gasteiger partial charge < -0.3 is 5.73 Å². The molecule has 1 aromatic carbocycles. The molecule has 0 aliphatic carbocycles. The van der Waals surface area contributed by atoms with E-state index in [-0.39, 0.29) is 37.7 Å². The van der Waals surface area contributed by atoms with Crippen molar-refractivity contribution in [3.05, 3.63) is 42.0 Å². The van der Waals surface area contributed by atoms with E-state index in [2.05, 4.69) is 18.7 Å². The summed E-state index contributed by atoms with van der Waals surface area (Å²) in [6.07, 6.45) is 1.82. The molecule has 2 N–H and O–H groups in total. The first-order valence-corrected chi connectivity index (χ1v) is 5.25. The molecule has 14 heavy (non-hydrogen) atoms. The van der Waals surface area contributed by atoms with Crippen LogP contribution in [-0.2, 0) is 5.75 Å². The fourth-order valence-electron chi connectivity index (χ4n) is 0.904. The second-order valence-corrected chi connectivity index (χ2v) is 4.27. The number of thioether (sulfide) groups is 1. The van der Waals surface area contributed by atoms with E-state index in [1.54, 1.807) is 0 Å². The molecular formula is C10H11CaNS2. The van der Waals surface area contributed by atoms with E-state index in [1.165, 1.54) is 17.3 Å². The predicted molar refractivity (Wildman–Crippen MR) is 70.4 cm³/mol. The Morgan fingerprint density at radius 1 is 1.43 bits per heavy atom. The van der Waals surface area contributed by atoms with E-state index in [0.29, 0.717) is 4.32 Å². The first-order chi connectivity index (χ1) is 6.22. The Hall–Kier alpha value is 0.460. The molecule has 1 rings (SSSR count). The van der Waals surface area contributed by atoms with E-state index < -0.39 is 0 Å². The normalized spacial score (nSPS) is 8.86. The molecule has 1 nitrogen and oxygen atoms in total. The fourth-order valence-corrected chi connectivity index (χ4v) is 1.58. The van der Waals surface area contributed by atoms with Gasteiger partial charge in [0.15, 0.2) is 0 Å². The first-order valence-electron chi connectivity index (χ1n) is 3.86. The average molecular weight is 249 g/mol. The monoisotopic (exact) mass is 249 g/mol. The number of nitrogens with two attached hydrogens (primary N) is 1. The molecule has 0 unspecified atom stereocenters. The molecule has 0 aliphatic rings. The van der Waals surface area contributed by atoms with Crippen molar-refractivity contribution in [2.45, 2.75) is 5.75 Å². The van der Waals surface area contributed by atoms with Gasteiger partial charge in [-0.1, -0.05) is 60.9 Å². The van der Waals surface area contributed by atoms with E-state index in [1.807, 2.05) is 18.2 Å². The minimum atomic E-state index is 0. The van der Waals surface area contributed by atoms with Gasteiger partial charge in [-0.2, -0.15) is 0 Å². The smallest absolute Gasteiger partial charge is 0.131 e. The molecule has 0 atom stereocenters. The van der Waals surface area contributed by atoms with Gasteiger partial charge in [0.1, 0.15) is 4.32 Å². The average Bonchev–Trinajstić information content (AvgIpc) is 2.15. The van der Waals surface area contributed by atoms with Gasteiger partial charge in [0.2, 0.25) is 0 Å². The van der Waals surface area contributed by atoms with E-state index >= 15 is 0 Å². The van der Waals surface area contributed by atoms with Crippen LogP contribution in [0.25, 0.3) is 6.08 Å². The Morgan fingerprint density at radius 2 is 2.00 bits per heavy atom. The number of benzene rings is 1. The third kappa shape index (κ3) is 5.37. The zero-order valence-electron chi connectivity index (χ0n) is 7.90. The molecule has 0 saturated heterocycles. The van der Waals surface area contributed by atoms with Crippen molar-refractivity contribution in [3.63, 3.8) is 0 Å². The van der Waals surface area contributed by atoms with Crippen LogP contribution >= 0.6 is 24.0 Å². The van der Waals surface area contributed by atoms with Gasteiger partial charge in [0, 0.05) is 43.5 Å². The third-order valence-corrected chi connectivity index (χ3v) is 2.71. The van der Waals surface area contributed by atoms with Crippen molar-refractivity contribution < 1.29 is 0 Å². The molecule has 70 valence electrons.